The molecule has 5 rings (SSSR count). The number of phenols is 1. The summed E-state index contributed by atoms with van der Waals surface area (Å²) < 4.78 is 0. The smallest absolute Gasteiger partial charge is 0.115 e. The summed E-state index contributed by atoms with van der Waals surface area (Å²) in [4.78, 5) is 6.45. The van der Waals surface area contributed by atoms with Crippen LogP contribution in [0, 0.1) is 0 Å². The van der Waals surface area contributed by atoms with Gasteiger partial charge in [-0.1, -0.05) is 43.7 Å². The summed E-state index contributed by atoms with van der Waals surface area (Å²) in [7, 11) is 0. The molecule has 0 saturated carbocycles. The Morgan fingerprint density at radius 1 is 1.19 bits per heavy atom. The van der Waals surface area contributed by atoms with Gasteiger partial charge < -0.3 is 10.1 Å². The lowest BCUT2D eigenvalue weighted by Crippen LogP contribution is -2.53. The van der Waals surface area contributed by atoms with Crippen LogP contribution in [0.15, 0.2) is 48.5 Å². The van der Waals surface area contributed by atoms with Crippen molar-refractivity contribution >= 4 is 10.9 Å². The van der Waals surface area contributed by atoms with E-state index in [1.54, 1.807) is 6.07 Å². The van der Waals surface area contributed by atoms with Gasteiger partial charge in [-0.05, 0) is 61.7 Å². The third kappa shape index (κ3) is 2.60. The topological polar surface area (TPSA) is 39.3 Å². The number of para-hydroxylation sites is 1. The zero-order valence-corrected chi connectivity index (χ0v) is 16.0. The van der Waals surface area contributed by atoms with Gasteiger partial charge >= 0.3 is 0 Å². The fourth-order valence-electron chi connectivity index (χ4n) is 5.58. The number of nitrogens with one attached hydrogen (secondary N) is 1. The molecule has 1 saturated heterocycles. The first-order chi connectivity index (χ1) is 13.2. The number of aromatic hydroxyl groups is 1. The molecule has 1 aromatic heterocycles. The van der Waals surface area contributed by atoms with Crippen molar-refractivity contribution in [2.24, 2.45) is 0 Å². The van der Waals surface area contributed by atoms with Crippen molar-refractivity contribution in [2.45, 2.75) is 50.5 Å². The minimum absolute atomic E-state index is 0.000687. The Morgan fingerprint density at radius 3 is 2.93 bits per heavy atom. The predicted molar refractivity (Wildman–Crippen MR) is 110 cm³/mol. The first kappa shape index (κ1) is 16.9. The summed E-state index contributed by atoms with van der Waals surface area (Å²) in [6.45, 7) is 4.61. The number of hydrogen-bond donors (Lipinski definition) is 2. The highest BCUT2D eigenvalue weighted by atomic mass is 16.3. The number of aromatic amines is 1. The molecular weight excluding hydrogens is 332 g/mol. The highest BCUT2D eigenvalue weighted by molar-refractivity contribution is 5.87. The number of piperidine rings is 1. The highest BCUT2D eigenvalue weighted by Gasteiger charge is 2.48. The number of H-pyrrole nitrogens is 1. The molecule has 2 aliphatic rings. The van der Waals surface area contributed by atoms with Gasteiger partial charge in [0, 0.05) is 34.5 Å². The minimum Gasteiger partial charge on any atom is -0.508 e. The predicted octanol–water partition coefficient (Wildman–Crippen LogP) is 4.98. The third-order valence-electron chi connectivity index (χ3n) is 6.83. The number of hydrogen-bond acceptors (Lipinski definition) is 2. The van der Waals surface area contributed by atoms with E-state index in [-0.39, 0.29) is 5.41 Å². The molecule has 27 heavy (non-hydrogen) atoms. The molecular formula is C24H28N2O. The maximum absolute atomic E-state index is 10.2. The van der Waals surface area contributed by atoms with Crippen LogP contribution in [0.25, 0.3) is 10.9 Å². The SMILES string of the molecule is CCCCN1CC[C@]2(c3cccc(O)c3)C[C@H]1Cc1[nH]c3ccccc3c12. The Hall–Kier alpha value is -2.26. The van der Waals surface area contributed by atoms with Crippen LogP contribution in [0.4, 0.5) is 0 Å². The molecule has 2 bridgehead atoms. The van der Waals surface area contributed by atoms with Crippen LogP contribution < -0.4 is 0 Å². The van der Waals surface area contributed by atoms with Crippen molar-refractivity contribution in [3.63, 3.8) is 0 Å². The largest absolute Gasteiger partial charge is 0.508 e. The average molecular weight is 361 g/mol. The van der Waals surface area contributed by atoms with Crippen LogP contribution in [-0.4, -0.2) is 34.1 Å². The second-order valence-corrected chi connectivity index (χ2v) is 8.36. The van der Waals surface area contributed by atoms with Gasteiger partial charge in [-0.2, -0.15) is 0 Å². The van der Waals surface area contributed by atoms with Crippen LogP contribution in [0.1, 0.15) is 49.4 Å². The summed E-state index contributed by atoms with van der Waals surface area (Å²) in [5.74, 6) is 0.374. The summed E-state index contributed by atoms with van der Waals surface area (Å²) in [5, 5.41) is 11.6. The van der Waals surface area contributed by atoms with Crippen molar-refractivity contribution in [2.75, 3.05) is 13.1 Å². The van der Waals surface area contributed by atoms with E-state index in [4.69, 9.17) is 0 Å². The lowest BCUT2D eigenvalue weighted by atomic mass is 9.61. The molecule has 0 amide bonds. The number of rotatable bonds is 4. The van der Waals surface area contributed by atoms with E-state index in [2.05, 4.69) is 47.1 Å². The molecule has 3 aromatic rings. The maximum atomic E-state index is 10.2. The van der Waals surface area contributed by atoms with Gasteiger partial charge in [0.15, 0.2) is 0 Å². The number of benzene rings is 2. The van der Waals surface area contributed by atoms with Gasteiger partial charge in [-0.3, -0.25) is 4.90 Å². The van der Waals surface area contributed by atoms with Crippen molar-refractivity contribution in [3.8, 4) is 5.75 Å². The summed E-state index contributed by atoms with van der Waals surface area (Å²) in [6, 6.07) is 17.3. The molecule has 3 heteroatoms. The maximum Gasteiger partial charge on any atom is 0.115 e. The number of phenolic OH excluding ortho intramolecular Hbond substituents is 1. The molecule has 0 radical (unpaired) electrons. The second-order valence-electron chi connectivity index (χ2n) is 8.36. The first-order valence-electron chi connectivity index (χ1n) is 10.3. The highest BCUT2D eigenvalue weighted by Crippen LogP contribution is 2.52. The van der Waals surface area contributed by atoms with Crippen LogP contribution in [0.5, 0.6) is 5.75 Å². The molecule has 0 spiro atoms. The zero-order chi connectivity index (χ0) is 18.4. The standard InChI is InChI=1S/C24H28N2O/c1-2-3-12-26-13-11-24(17-7-6-8-19(27)14-17)16-18(26)15-22-23(24)20-9-4-5-10-21(20)25-22/h4-10,14,18,25,27H,2-3,11-13,15-16H2,1H3/t18-,24-/m1/s1. The number of fused-ring (bicyclic) bond motifs is 6. The van der Waals surface area contributed by atoms with Gasteiger partial charge in [-0.15, -0.1) is 0 Å². The zero-order valence-electron chi connectivity index (χ0n) is 16.0. The summed E-state index contributed by atoms with van der Waals surface area (Å²) >= 11 is 0. The van der Waals surface area contributed by atoms with Crippen LogP contribution in [-0.2, 0) is 11.8 Å². The average Bonchev–Trinajstić information content (AvgIpc) is 3.06. The van der Waals surface area contributed by atoms with E-state index in [0.717, 1.165) is 25.8 Å². The van der Waals surface area contributed by atoms with Crippen LogP contribution in [0.2, 0.25) is 0 Å². The number of aromatic nitrogens is 1. The Balaban J connectivity index is 1.69. The molecule has 1 aliphatic heterocycles. The van der Waals surface area contributed by atoms with Gasteiger partial charge in [0.05, 0.1) is 0 Å². The van der Waals surface area contributed by atoms with Crippen LogP contribution in [0.3, 0.4) is 0 Å². The quantitative estimate of drug-likeness (QED) is 0.689. The normalized spacial score (nSPS) is 24.9. The fraction of sp³-hybridized carbons (Fsp3) is 0.417. The van der Waals surface area contributed by atoms with E-state index in [0.29, 0.717) is 11.8 Å². The Kier molecular flexibility index (Phi) is 4.01. The van der Waals surface area contributed by atoms with E-state index >= 15 is 0 Å². The molecule has 2 heterocycles. The lowest BCUT2D eigenvalue weighted by Gasteiger charge is -2.51. The van der Waals surface area contributed by atoms with E-state index in [1.807, 2.05) is 12.1 Å². The molecule has 2 N–H and O–H groups in total. The van der Waals surface area contributed by atoms with Gasteiger partial charge in [0.1, 0.15) is 5.75 Å². The molecule has 140 valence electrons. The molecule has 0 unspecified atom stereocenters. The monoisotopic (exact) mass is 360 g/mol. The van der Waals surface area contributed by atoms with Crippen LogP contribution >= 0.6 is 0 Å². The van der Waals surface area contributed by atoms with E-state index in [9.17, 15) is 5.11 Å². The third-order valence-corrected chi connectivity index (χ3v) is 6.83. The second kappa shape index (κ2) is 6.42. The van der Waals surface area contributed by atoms with Crippen molar-refractivity contribution in [1.29, 1.82) is 0 Å². The Labute approximate surface area is 161 Å². The summed E-state index contributed by atoms with van der Waals surface area (Å²) in [6.07, 6.45) is 5.89. The number of nitrogens with zero attached hydrogens (tertiary/aromatic N) is 1. The van der Waals surface area contributed by atoms with Gasteiger partial charge in [0.25, 0.3) is 0 Å². The fourth-order valence-corrected chi connectivity index (χ4v) is 5.58. The molecule has 3 nitrogen and oxygen atoms in total. The Morgan fingerprint density at radius 2 is 2.07 bits per heavy atom. The van der Waals surface area contributed by atoms with Crippen molar-refractivity contribution < 1.29 is 5.11 Å². The van der Waals surface area contributed by atoms with E-state index in [1.165, 1.54) is 47.1 Å². The minimum atomic E-state index is -0.000687. The van der Waals surface area contributed by atoms with Crippen molar-refractivity contribution in [1.82, 2.24) is 9.88 Å². The van der Waals surface area contributed by atoms with Gasteiger partial charge in [-0.25, -0.2) is 0 Å². The molecule has 2 aromatic carbocycles. The Bertz CT molecular complexity index is 975. The summed E-state index contributed by atoms with van der Waals surface area (Å²) in [5.41, 5.74) is 5.40. The number of unbranched alkanes of at least 4 members (excludes halogenated alkanes) is 1. The first-order valence-corrected chi connectivity index (χ1v) is 10.3. The lowest BCUT2D eigenvalue weighted by molar-refractivity contribution is 0.0944. The molecule has 1 aliphatic carbocycles. The van der Waals surface area contributed by atoms with Crippen molar-refractivity contribution in [3.05, 3.63) is 65.4 Å². The molecule has 1 fully saturated rings. The van der Waals surface area contributed by atoms with E-state index < -0.39 is 0 Å². The molecule has 2 atom stereocenters. The number of likely N-dealkylation sites (tertiary alicyclic amines) is 1. The van der Waals surface area contributed by atoms with Gasteiger partial charge in [0.2, 0.25) is 0 Å².